The first kappa shape index (κ1) is 16.0. The lowest BCUT2D eigenvalue weighted by molar-refractivity contribution is -0.452. The van der Waals surface area contributed by atoms with Crippen LogP contribution in [0.5, 0.6) is 0 Å². The molecule has 0 atom stereocenters. The van der Waals surface area contributed by atoms with Crippen molar-refractivity contribution in [1.29, 1.82) is 0 Å². The van der Waals surface area contributed by atoms with E-state index < -0.39 is 12.1 Å². The van der Waals surface area contributed by atoms with Crippen LogP contribution in [0.15, 0.2) is 24.3 Å². The number of hydrogen-bond acceptors (Lipinski definition) is 6. The van der Waals surface area contributed by atoms with Crippen molar-refractivity contribution in [2.45, 2.75) is 33.1 Å². The standard InChI is InChI=1S/C14H18O6/c1-3-4-5-9-17-14(16)19-20-18-13(15)12-8-6-7-11(2)10-12/h6-8,10H,3-5,9H2,1-2H3. The van der Waals surface area contributed by atoms with E-state index in [1.807, 2.05) is 19.9 Å². The number of carbonyl (C=O) groups excluding carboxylic acids is 2. The molecule has 0 aliphatic heterocycles. The third-order valence-corrected chi connectivity index (χ3v) is 2.43. The zero-order valence-corrected chi connectivity index (χ0v) is 11.6. The van der Waals surface area contributed by atoms with Crippen LogP contribution >= 0.6 is 0 Å². The molecular formula is C14H18O6. The zero-order chi connectivity index (χ0) is 14.8. The molecule has 20 heavy (non-hydrogen) atoms. The van der Waals surface area contributed by atoms with Gasteiger partial charge in [0.2, 0.25) is 0 Å². The summed E-state index contributed by atoms with van der Waals surface area (Å²) in [7, 11) is 0. The third-order valence-electron chi connectivity index (χ3n) is 2.43. The van der Waals surface area contributed by atoms with Crippen LogP contribution in [0.4, 0.5) is 4.79 Å². The lowest BCUT2D eigenvalue weighted by Crippen LogP contribution is -2.12. The third kappa shape index (κ3) is 6.19. The van der Waals surface area contributed by atoms with Gasteiger partial charge in [0.1, 0.15) is 0 Å². The lowest BCUT2D eigenvalue weighted by atomic mass is 10.1. The molecule has 0 aliphatic rings. The van der Waals surface area contributed by atoms with Gasteiger partial charge in [-0.1, -0.05) is 37.5 Å². The topological polar surface area (TPSA) is 71.1 Å². The number of ether oxygens (including phenoxy) is 1. The molecule has 0 heterocycles. The van der Waals surface area contributed by atoms with Gasteiger partial charge >= 0.3 is 12.1 Å². The normalized spacial score (nSPS) is 9.90. The van der Waals surface area contributed by atoms with Gasteiger partial charge in [0, 0.05) is 0 Å². The summed E-state index contributed by atoms with van der Waals surface area (Å²) in [6, 6.07) is 6.72. The first-order valence-corrected chi connectivity index (χ1v) is 6.42. The van der Waals surface area contributed by atoms with Crippen molar-refractivity contribution in [3.8, 4) is 0 Å². The molecule has 110 valence electrons. The van der Waals surface area contributed by atoms with Crippen LogP contribution < -0.4 is 0 Å². The summed E-state index contributed by atoms with van der Waals surface area (Å²) in [5, 5.41) is 4.08. The Morgan fingerprint density at radius 2 is 1.95 bits per heavy atom. The molecule has 0 radical (unpaired) electrons. The van der Waals surface area contributed by atoms with Crippen LogP contribution in [0.2, 0.25) is 0 Å². The molecular weight excluding hydrogens is 264 g/mol. The SMILES string of the molecule is CCCCCOC(=O)OOOC(=O)c1cccc(C)c1. The monoisotopic (exact) mass is 282 g/mol. The minimum atomic E-state index is -1.04. The van der Waals surface area contributed by atoms with Crippen molar-refractivity contribution in [1.82, 2.24) is 0 Å². The van der Waals surface area contributed by atoms with Crippen molar-refractivity contribution in [3.63, 3.8) is 0 Å². The molecule has 6 nitrogen and oxygen atoms in total. The van der Waals surface area contributed by atoms with Gasteiger partial charge in [-0.25, -0.2) is 14.5 Å². The summed E-state index contributed by atoms with van der Waals surface area (Å²) < 4.78 is 4.67. The summed E-state index contributed by atoms with van der Waals surface area (Å²) in [6.07, 6.45) is 1.67. The number of rotatable bonds is 7. The van der Waals surface area contributed by atoms with Crippen molar-refractivity contribution >= 4 is 12.1 Å². The number of benzene rings is 1. The second-order valence-electron chi connectivity index (χ2n) is 4.20. The molecule has 1 aromatic carbocycles. The van der Waals surface area contributed by atoms with Crippen LogP contribution in [-0.4, -0.2) is 18.7 Å². The Hall–Kier alpha value is -2.08. The Morgan fingerprint density at radius 3 is 2.65 bits per heavy atom. The van der Waals surface area contributed by atoms with Gasteiger partial charge < -0.3 is 4.74 Å². The van der Waals surface area contributed by atoms with Crippen LogP contribution in [-0.2, 0) is 19.6 Å². The van der Waals surface area contributed by atoms with E-state index in [9.17, 15) is 9.59 Å². The van der Waals surface area contributed by atoms with Gasteiger partial charge in [-0.2, -0.15) is 0 Å². The highest BCUT2D eigenvalue weighted by molar-refractivity contribution is 5.89. The lowest BCUT2D eigenvalue weighted by Gasteiger charge is -2.04. The van der Waals surface area contributed by atoms with E-state index in [0.29, 0.717) is 5.56 Å². The molecule has 0 aromatic heterocycles. The molecule has 1 aromatic rings. The van der Waals surface area contributed by atoms with Crippen LogP contribution in [0, 0.1) is 6.92 Å². The Bertz CT molecular complexity index is 443. The van der Waals surface area contributed by atoms with Crippen LogP contribution in [0.25, 0.3) is 0 Å². The van der Waals surface area contributed by atoms with E-state index in [-0.39, 0.29) is 6.61 Å². The van der Waals surface area contributed by atoms with Crippen molar-refractivity contribution in [2.75, 3.05) is 6.61 Å². The molecule has 0 amide bonds. The minimum absolute atomic E-state index is 0.238. The number of aryl methyl sites for hydroxylation is 1. The Kier molecular flexibility index (Phi) is 7.13. The van der Waals surface area contributed by atoms with E-state index in [2.05, 4.69) is 19.6 Å². The Balaban J connectivity index is 2.20. The predicted molar refractivity (Wildman–Crippen MR) is 69.6 cm³/mol. The second kappa shape index (κ2) is 8.92. The maximum atomic E-state index is 11.5. The highest BCUT2D eigenvalue weighted by atomic mass is 17.5. The Morgan fingerprint density at radius 1 is 1.15 bits per heavy atom. The van der Waals surface area contributed by atoms with Gasteiger partial charge in [-0.05, 0) is 25.5 Å². The highest BCUT2D eigenvalue weighted by Gasteiger charge is 2.11. The molecule has 0 fully saturated rings. The smallest absolute Gasteiger partial charge is 0.432 e. The number of unbranched alkanes of at least 4 members (excludes halogenated alkanes) is 2. The predicted octanol–water partition coefficient (Wildman–Crippen LogP) is 3.34. The number of hydrogen-bond donors (Lipinski definition) is 0. The van der Waals surface area contributed by atoms with Gasteiger partial charge in [0.05, 0.1) is 17.2 Å². The second-order valence-corrected chi connectivity index (χ2v) is 4.20. The molecule has 6 heteroatoms. The van der Waals surface area contributed by atoms with Gasteiger partial charge in [0.25, 0.3) is 0 Å². The highest BCUT2D eigenvalue weighted by Crippen LogP contribution is 2.06. The summed E-state index contributed by atoms with van der Waals surface area (Å²) in [6.45, 7) is 4.11. The van der Waals surface area contributed by atoms with E-state index in [0.717, 1.165) is 24.8 Å². The minimum Gasteiger partial charge on any atom is -0.432 e. The summed E-state index contributed by atoms with van der Waals surface area (Å²) >= 11 is 0. The molecule has 0 spiro atoms. The Labute approximate surface area is 117 Å². The summed E-state index contributed by atoms with van der Waals surface area (Å²) in [5.74, 6) is -0.757. The van der Waals surface area contributed by atoms with E-state index >= 15 is 0 Å². The maximum absolute atomic E-state index is 11.5. The van der Waals surface area contributed by atoms with Crippen molar-refractivity contribution in [2.24, 2.45) is 0 Å². The molecule has 1 rings (SSSR count). The molecule has 0 saturated heterocycles. The first-order valence-electron chi connectivity index (χ1n) is 6.42. The van der Waals surface area contributed by atoms with E-state index in [1.54, 1.807) is 18.2 Å². The fraction of sp³-hybridized carbons (Fsp3) is 0.429. The first-order chi connectivity index (χ1) is 9.63. The fourth-order valence-electron chi connectivity index (χ4n) is 1.43. The van der Waals surface area contributed by atoms with Crippen LogP contribution in [0.3, 0.4) is 0 Å². The van der Waals surface area contributed by atoms with E-state index in [4.69, 9.17) is 0 Å². The fourth-order valence-corrected chi connectivity index (χ4v) is 1.43. The number of carbonyl (C=O) groups is 2. The molecule has 0 unspecified atom stereocenters. The van der Waals surface area contributed by atoms with Gasteiger partial charge in [-0.3, -0.25) is 4.89 Å². The molecule has 0 N–H and O–H groups in total. The van der Waals surface area contributed by atoms with Gasteiger partial charge in [0.15, 0.2) is 0 Å². The molecule has 0 bridgehead atoms. The average molecular weight is 282 g/mol. The quantitative estimate of drug-likeness (QED) is 0.330. The van der Waals surface area contributed by atoms with Gasteiger partial charge in [-0.15, -0.1) is 0 Å². The molecule has 0 aliphatic carbocycles. The van der Waals surface area contributed by atoms with Crippen molar-refractivity contribution in [3.05, 3.63) is 35.4 Å². The molecule has 0 saturated carbocycles. The zero-order valence-electron chi connectivity index (χ0n) is 11.6. The average Bonchev–Trinajstić information content (AvgIpc) is 2.43. The van der Waals surface area contributed by atoms with E-state index in [1.165, 1.54) is 0 Å². The maximum Gasteiger partial charge on any atom is 0.543 e. The van der Waals surface area contributed by atoms with Crippen LogP contribution in [0.1, 0.15) is 42.1 Å². The largest absolute Gasteiger partial charge is 0.543 e. The summed E-state index contributed by atoms with van der Waals surface area (Å²) in [4.78, 5) is 31.0. The van der Waals surface area contributed by atoms with Crippen molar-refractivity contribution < 1.29 is 29.1 Å². The summed E-state index contributed by atoms with van der Waals surface area (Å²) in [5.41, 5.74) is 1.20.